The predicted octanol–water partition coefficient (Wildman–Crippen LogP) is 2.07. The van der Waals surface area contributed by atoms with E-state index in [0.29, 0.717) is 17.4 Å². The van der Waals surface area contributed by atoms with Crippen molar-refractivity contribution in [2.75, 3.05) is 23.4 Å². The molecule has 0 unspecified atom stereocenters. The first-order chi connectivity index (χ1) is 7.93. The summed E-state index contributed by atoms with van der Waals surface area (Å²) in [7, 11) is 0. The molecule has 0 spiro atoms. The van der Waals surface area contributed by atoms with Gasteiger partial charge in [0, 0.05) is 23.1 Å². The maximum atomic E-state index is 11.5. The Morgan fingerprint density at radius 1 is 1.59 bits per heavy atom. The minimum Gasteiger partial charge on any atom is -0.330 e. The van der Waals surface area contributed by atoms with Crippen molar-refractivity contribution in [1.82, 2.24) is 4.98 Å². The molecule has 0 saturated carbocycles. The largest absolute Gasteiger partial charge is 0.330 e. The summed E-state index contributed by atoms with van der Waals surface area (Å²) < 4.78 is 0. The molecule has 6 heteroatoms. The number of thiazole rings is 1. The van der Waals surface area contributed by atoms with Crippen LogP contribution in [0.15, 0.2) is 5.38 Å². The molecule has 0 bridgehead atoms. The molecule has 17 heavy (non-hydrogen) atoms. The van der Waals surface area contributed by atoms with Gasteiger partial charge >= 0.3 is 0 Å². The smallest absolute Gasteiger partial charge is 0.236 e. The zero-order valence-electron chi connectivity index (χ0n) is 10.4. The van der Waals surface area contributed by atoms with Gasteiger partial charge in [0.05, 0.1) is 11.4 Å². The molecule has 1 rings (SSSR count). The van der Waals surface area contributed by atoms with Gasteiger partial charge in [-0.3, -0.25) is 4.79 Å². The summed E-state index contributed by atoms with van der Waals surface area (Å²) in [5, 5.41) is 5.46. The first-order valence-corrected chi connectivity index (χ1v) is 7.50. The lowest BCUT2D eigenvalue weighted by atomic mass is 9.93. The lowest BCUT2D eigenvalue weighted by Gasteiger charge is -2.14. The standard InChI is InChI=1S/C11H19N3OS2/c1-11(2,3)8-6-17-10(13-8)14-9(15)7-16-5-4-12/h6H,4-5,7,12H2,1-3H3,(H,13,14,15). The van der Waals surface area contributed by atoms with Crippen molar-refractivity contribution in [1.29, 1.82) is 0 Å². The van der Waals surface area contributed by atoms with E-state index in [2.05, 4.69) is 31.1 Å². The average molecular weight is 273 g/mol. The molecule has 1 heterocycles. The van der Waals surface area contributed by atoms with E-state index in [1.165, 1.54) is 23.1 Å². The molecule has 96 valence electrons. The number of carbonyl (C=O) groups is 1. The lowest BCUT2D eigenvalue weighted by molar-refractivity contribution is -0.113. The number of hydrogen-bond acceptors (Lipinski definition) is 5. The minimum absolute atomic E-state index is 0.0155. The maximum Gasteiger partial charge on any atom is 0.236 e. The fourth-order valence-corrected chi connectivity index (χ4v) is 2.60. The quantitative estimate of drug-likeness (QED) is 0.806. The SMILES string of the molecule is CC(C)(C)c1csc(NC(=O)CSCCN)n1. The van der Waals surface area contributed by atoms with Gasteiger partial charge in [0.25, 0.3) is 0 Å². The second kappa shape index (κ2) is 6.37. The van der Waals surface area contributed by atoms with Gasteiger partial charge in [-0.2, -0.15) is 11.8 Å². The summed E-state index contributed by atoms with van der Waals surface area (Å²) >= 11 is 3.00. The molecule has 0 atom stereocenters. The Kier molecular flexibility index (Phi) is 5.42. The fraction of sp³-hybridized carbons (Fsp3) is 0.636. The molecule has 0 aliphatic carbocycles. The van der Waals surface area contributed by atoms with Crippen molar-refractivity contribution in [3.05, 3.63) is 11.1 Å². The van der Waals surface area contributed by atoms with Crippen LogP contribution in [0.1, 0.15) is 26.5 Å². The number of aromatic nitrogens is 1. The van der Waals surface area contributed by atoms with Gasteiger partial charge in [-0.25, -0.2) is 4.98 Å². The Hall–Kier alpha value is -0.590. The number of thioether (sulfide) groups is 1. The molecule has 1 amide bonds. The third kappa shape index (κ3) is 5.06. The molecule has 3 N–H and O–H groups in total. The van der Waals surface area contributed by atoms with Gasteiger partial charge in [0.1, 0.15) is 0 Å². The van der Waals surface area contributed by atoms with E-state index in [-0.39, 0.29) is 11.3 Å². The van der Waals surface area contributed by atoms with Crippen LogP contribution in [0.3, 0.4) is 0 Å². The zero-order valence-corrected chi connectivity index (χ0v) is 12.1. The topological polar surface area (TPSA) is 68.0 Å². The molecule has 0 saturated heterocycles. The van der Waals surface area contributed by atoms with E-state index in [1.54, 1.807) is 0 Å². The van der Waals surface area contributed by atoms with Crippen LogP contribution in [0.5, 0.6) is 0 Å². The molecule has 0 aliphatic heterocycles. The van der Waals surface area contributed by atoms with Crippen LogP contribution in [0.2, 0.25) is 0 Å². The van der Waals surface area contributed by atoms with E-state index in [0.717, 1.165) is 11.4 Å². The number of amides is 1. The summed E-state index contributed by atoms with van der Waals surface area (Å²) in [5.41, 5.74) is 6.38. The summed E-state index contributed by atoms with van der Waals surface area (Å²) in [6.45, 7) is 6.91. The Balaban J connectivity index is 2.46. The van der Waals surface area contributed by atoms with Gasteiger partial charge in [-0.15, -0.1) is 11.3 Å². The number of nitrogens with zero attached hydrogens (tertiary/aromatic N) is 1. The number of carbonyl (C=O) groups excluding carboxylic acids is 1. The van der Waals surface area contributed by atoms with Crippen molar-refractivity contribution in [3.8, 4) is 0 Å². The highest BCUT2D eigenvalue weighted by atomic mass is 32.2. The van der Waals surface area contributed by atoms with E-state index in [4.69, 9.17) is 5.73 Å². The van der Waals surface area contributed by atoms with Crippen molar-refractivity contribution in [2.45, 2.75) is 26.2 Å². The third-order valence-electron chi connectivity index (χ3n) is 2.01. The van der Waals surface area contributed by atoms with Crippen LogP contribution < -0.4 is 11.1 Å². The Bertz CT molecular complexity index is 371. The normalized spacial score (nSPS) is 11.5. The molecule has 0 aliphatic rings. The molecule has 1 aromatic heterocycles. The van der Waals surface area contributed by atoms with Crippen LogP contribution in [0.25, 0.3) is 0 Å². The first kappa shape index (κ1) is 14.5. The molecule has 4 nitrogen and oxygen atoms in total. The summed E-state index contributed by atoms with van der Waals surface area (Å²) in [4.78, 5) is 15.9. The van der Waals surface area contributed by atoms with Crippen LogP contribution in [0, 0.1) is 0 Å². The van der Waals surface area contributed by atoms with Gasteiger partial charge in [-0.05, 0) is 0 Å². The van der Waals surface area contributed by atoms with Crippen molar-refractivity contribution < 1.29 is 4.79 Å². The van der Waals surface area contributed by atoms with Crippen molar-refractivity contribution in [3.63, 3.8) is 0 Å². The third-order valence-corrected chi connectivity index (χ3v) is 3.76. The summed E-state index contributed by atoms with van der Waals surface area (Å²) in [6, 6.07) is 0. The molecule has 0 aromatic carbocycles. The number of nitrogens with two attached hydrogens (primary N) is 1. The highest BCUT2D eigenvalue weighted by Crippen LogP contribution is 2.26. The Labute approximate surface area is 110 Å². The fourth-order valence-electron chi connectivity index (χ4n) is 1.08. The van der Waals surface area contributed by atoms with E-state index < -0.39 is 0 Å². The molecule has 0 radical (unpaired) electrons. The molecular weight excluding hydrogens is 254 g/mol. The summed E-state index contributed by atoms with van der Waals surface area (Å²) in [6.07, 6.45) is 0. The first-order valence-electron chi connectivity index (χ1n) is 5.47. The van der Waals surface area contributed by atoms with Crippen molar-refractivity contribution >= 4 is 34.1 Å². The molecule has 0 fully saturated rings. The van der Waals surface area contributed by atoms with Gasteiger partial charge in [0.2, 0.25) is 5.91 Å². The Morgan fingerprint density at radius 3 is 2.82 bits per heavy atom. The van der Waals surface area contributed by atoms with Gasteiger partial charge < -0.3 is 11.1 Å². The van der Waals surface area contributed by atoms with E-state index in [1.807, 2.05) is 5.38 Å². The van der Waals surface area contributed by atoms with Crippen LogP contribution >= 0.6 is 23.1 Å². The molecule has 1 aromatic rings. The predicted molar refractivity (Wildman–Crippen MR) is 75.8 cm³/mol. The number of hydrogen-bond donors (Lipinski definition) is 2. The number of nitrogens with one attached hydrogen (secondary N) is 1. The van der Waals surface area contributed by atoms with Crippen LogP contribution in [-0.2, 0) is 10.2 Å². The lowest BCUT2D eigenvalue weighted by Crippen LogP contribution is -2.16. The Morgan fingerprint density at radius 2 is 2.29 bits per heavy atom. The van der Waals surface area contributed by atoms with Crippen molar-refractivity contribution in [2.24, 2.45) is 5.73 Å². The second-order valence-corrected chi connectivity index (χ2v) is 6.64. The zero-order chi connectivity index (χ0) is 12.9. The highest BCUT2D eigenvalue weighted by Gasteiger charge is 2.17. The van der Waals surface area contributed by atoms with Crippen LogP contribution in [0.4, 0.5) is 5.13 Å². The second-order valence-electron chi connectivity index (χ2n) is 4.68. The highest BCUT2D eigenvalue weighted by molar-refractivity contribution is 7.99. The maximum absolute atomic E-state index is 11.5. The van der Waals surface area contributed by atoms with E-state index in [9.17, 15) is 4.79 Å². The summed E-state index contributed by atoms with van der Waals surface area (Å²) in [5.74, 6) is 1.22. The van der Waals surface area contributed by atoms with Gasteiger partial charge in [-0.1, -0.05) is 20.8 Å². The average Bonchev–Trinajstić information content (AvgIpc) is 2.66. The van der Waals surface area contributed by atoms with E-state index >= 15 is 0 Å². The number of anilines is 1. The molecular formula is C11H19N3OS2. The number of rotatable bonds is 5. The monoisotopic (exact) mass is 273 g/mol. The minimum atomic E-state index is -0.0155. The van der Waals surface area contributed by atoms with Gasteiger partial charge in [0.15, 0.2) is 5.13 Å². The van der Waals surface area contributed by atoms with Crippen LogP contribution in [-0.4, -0.2) is 28.9 Å².